The van der Waals surface area contributed by atoms with Gasteiger partial charge in [0.15, 0.2) is 11.5 Å². The van der Waals surface area contributed by atoms with Crippen LogP contribution in [-0.4, -0.2) is 29.2 Å². The molecule has 0 unspecified atom stereocenters. The smallest absolute Gasteiger partial charge is 0.339 e. The molecule has 0 radical (unpaired) electrons. The maximum absolute atomic E-state index is 10.8. The maximum atomic E-state index is 10.8. The van der Waals surface area contributed by atoms with E-state index in [1.807, 2.05) is 6.07 Å². The third-order valence-electron chi connectivity index (χ3n) is 2.97. The number of hydrogen-bond acceptors (Lipinski definition) is 5. The molecule has 0 saturated carbocycles. The number of rotatable bonds is 3. The molecule has 1 aliphatic heterocycles. The summed E-state index contributed by atoms with van der Waals surface area (Å²) < 4.78 is 10.5. The summed E-state index contributed by atoms with van der Waals surface area (Å²) in [5, 5.41) is 18.4. The van der Waals surface area contributed by atoms with Crippen molar-refractivity contribution in [3.05, 3.63) is 47.5 Å². The number of aromatic carboxylic acids is 1. The van der Waals surface area contributed by atoms with Crippen molar-refractivity contribution in [3.63, 3.8) is 0 Å². The monoisotopic (exact) mass is 285 g/mol. The first-order valence-corrected chi connectivity index (χ1v) is 6.13. The highest BCUT2D eigenvalue weighted by molar-refractivity contribution is 5.91. The van der Waals surface area contributed by atoms with Crippen LogP contribution in [0.5, 0.6) is 17.2 Å². The lowest BCUT2D eigenvalue weighted by Gasteiger charge is -2.01. The van der Waals surface area contributed by atoms with E-state index < -0.39 is 5.97 Å². The van der Waals surface area contributed by atoms with Gasteiger partial charge in [-0.15, -0.1) is 0 Å². The van der Waals surface area contributed by atoms with Crippen molar-refractivity contribution >= 4 is 17.9 Å². The second-order valence-corrected chi connectivity index (χ2v) is 4.38. The topological polar surface area (TPSA) is 88.4 Å². The molecule has 0 amide bonds. The molecular formula is C15H11NO5. The SMILES string of the molecule is O=C(O)c1ccc(/N=C/c2ccc3c(c2)OCO3)cc1O. The minimum atomic E-state index is -1.18. The van der Waals surface area contributed by atoms with Gasteiger partial charge in [-0.2, -0.15) is 0 Å². The fourth-order valence-corrected chi connectivity index (χ4v) is 1.92. The van der Waals surface area contributed by atoms with Gasteiger partial charge in [0, 0.05) is 12.3 Å². The standard InChI is InChI=1S/C15H11NO5/c17-12-6-10(2-3-11(12)15(18)19)16-7-9-1-4-13-14(5-9)21-8-20-13/h1-7,17H,8H2,(H,18,19)/b16-7+. The Hall–Kier alpha value is -3.02. The zero-order valence-corrected chi connectivity index (χ0v) is 10.8. The molecular weight excluding hydrogens is 274 g/mol. The molecule has 106 valence electrons. The molecule has 1 aliphatic rings. The average Bonchev–Trinajstić information content (AvgIpc) is 2.92. The molecule has 0 spiro atoms. The lowest BCUT2D eigenvalue weighted by Crippen LogP contribution is -1.95. The Morgan fingerprint density at radius 1 is 1.14 bits per heavy atom. The summed E-state index contributed by atoms with van der Waals surface area (Å²) in [7, 11) is 0. The molecule has 1 heterocycles. The number of fused-ring (bicyclic) bond motifs is 1. The van der Waals surface area contributed by atoms with Crippen molar-refractivity contribution in [1.82, 2.24) is 0 Å². The minimum absolute atomic E-state index is 0.156. The van der Waals surface area contributed by atoms with Crippen LogP contribution < -0.4 is 9.47 Å². The first-order valence-electron chi connectivity index (χ1n) is 6.13. The van der Waals surface area contributed by atoms with Gasteiger partial charge in [-0.1, -0.05) is 0 Å². The van der Waals surface area contributed by atoms with Crippen molar-refractivity contribution < 1.29 is 24.5 Å². The van der Waals surface area contributed by atoms with Crippen LogP contribution in [0.15, 0.2) is 41.4 Å². The van der Waals surface area contributed by atoms with E-state index in [1.54, 1.807) is 18.3 Å². The zero-order chi connectivity index (χ0) is 14.8. The molecule has 3 rings (SSSR count). The number of aliphatic imine (C=N–C) groups is 1. The van der Waals surface area contributed by atoms with Crippen LogP contribution in [0.3, 0.4) is 0 Å². The number of ether oxygens (including phenoxy) is 2. The van der Waals surface area contributed by atoms with Crippen molar-refractivity contribution in [1.29, 1.82) is 0 Å². The third-order valence-corrected chi connectivity index (χ3v) is 2.97. The number of hydrogen-bond donors (Lipinski definition) is 2. The van der Waals surface area contributed by atoms with Crippen LogP contribution >= 0.6 is 0 Å². The van der Waals surface area contributed by atoms with E-state index in [0.717, 1.165) is 5.56 Å². The number of carboxylic acids is 1. The highest BCUT2D eigenvalue weighted by Gasteiger charge is 2.12. The first-order chi connectivity index (χ1) is 10.1. The van der Waals surface area contributed by atoms with E-state index in [9.17, 15) is 9.90 Å². The lowest BCUT2D eigenvalue weighted by molar-refractivity contribution is 0.0694. The third kappa shape index (κ3) is 2.64. The van der Waals surface area contributed by atoms with Gasteiger partial charge in [-0.3, -0.25) is 4.99 Å². The van der Waals surface area contributed by atoms with Gasteiger partial charge in [0.05, 0.1) is 5.69 Å². The summed E-state index contributed by atoms with van der Waals surface area (Å²) in [5.41, 5.74) is 1.10. The van der Waals surface area contributed by atoms with Crippen LogP contribution in [0.2, 0.25) is 0 Å². The van der Waals surface area contributed by atoms with Crippen LogP contribution in [0.25, 0.3) is 0 Å². The predicted molar refractivity (Wildman–Crippen MR) is 74.9 cm³/mol. The van der Waals surface area contributed by atoms with Crippen LogP contribution in [0, 0.1) is 0 Å². The molecule has 2 aromatic rings. The van der Waals surface area contributed by atoms with E-state index in [4.69, 9.17) is 14.6 Å². The Bertz CT molecular complexity index is 739. The number of aromatic hydroxyl groups is 1. The Morgan fingerprint density at radius 2 is 1.95 bits per heavy atom. The molecule has 0 fully saturated rings. The molecule has 0 atom stereocenters. The molecule has 0 saturated heterocycles. The number of carboxylic acid groups (broad SMARTS) is 1. The summed E-state index contributed by atoms with van der Waals surface area (Å²) in [6, 6.07) is 9.53. The van der Waals surface area contributed by atoms with Crippen LogP contribution in [-0.2, 0) is 0 Å². The van der Waals surface area contributed by atoms with E-state index in [0.29, 0.717) is 17.2 Å². The van der Waals surface area contributed by atoms with Gasteiger partial charge >= 0.3 is 5.97 Å². The van der Waals surface area contributed by atoms with Gasteiger partial charge in [0.1, 0.15) is 11.3 Å². The van der Waals surface area contributed by atoms with E-state index in [-0.39, 0.29) is 18.1 Å². The summed E-state index contributed by atoms with van der Waals surface area (Å²) in [5.74, 6) is -0.153. The molecule has 2 aromatic carbocycles. The molecule has 0 aliphatic carbocycles. The quantitative estimate of drug-likeness (QED) is 0.846. The van der Waals surface area contributed by atoms with E-state index in [1.165, 1.54) is 18.2 Å². The lowest BCUT2D eigenvalue weighted by atomic mass is 10.2. The van der Waals surface area contributed by atoms with E-state index >= 15 is 0 Å². The average molecular weight is 285 g/mol. The Kier molecular flexibility index (Phi) is 3.19. The molecule has 6 nitrogen and oxygen atoms in total. The minimum Gasteiger partial charge on any atom is -0.507 e. The van der Waals surface area contributed by atoms with Crippen LogP contribution in [0.1, 0.15) is 15.9 Å². The largest absolute Gasteiger partial charge is 0.507 e. The Morgan fingerprint density at radius 3 is 2.71 bits per heavy atom. The van der Waals surface area contributed by atoms with Crippen molar-refractivity contribution in [2.45, 2.75) is 0 Å². The molecule has 2 N–H and O–H groups in total. The highest BCUT2D eigenvalue weighted by atomic mass is 16.7. The Balaban J connectivity index is 1.83. The molecule has 0 bridgehead atoms. The molecule has 6 heteroatoms. The maximum Gasteiger partial charge on any atom is 0.339 e. The van der Waals surface area contributed by atoms with Gasteiger partial charge in [0.25, 0.3) is 0 Å². The predicted octanol–water partition coefficient (Wildman–Crippen LogP) is 2.57. The van der Waals surface area contributed by atoms with Crippen LogP contribution in [0.4, 0.5) is 5.69 Å². The summed E-state index contributed by atoms with van der Waals surface area (Å²) in [4.78, 5) is 15.0. The summed E-state index contributed by atoms with van der Waals surface area (Å²) >= 11 is 0. The summed E-state index contributed by atoms with van der Waals surface area (Å²) in [6.07, 6.45) is 1.59. The molecule has 21 heavy (non-hydrogen) atoms. The van der Waals surface area contributed by atoms with Gasteiger partial charge < -0.3 is 19.7 Å². The molecule has 0 aromatic heterocycles. The number of benzene rings is 2. The number of carbonyl (C=O) groups is 1. The van der Waals surface area contributed by atoms with Crippen molar-refractivity contribution in [3.8, 4) is 17.2 Å². The number of nitrogens with zero attached hydrogens (tertiary/aromatic N) is 1. The van der Waals surface area contributed by atoms with Crippen molar-refractivity contribution in [2.75, 3.05) is 6.79 Å². The van der Waals surface area contributed by atoms with Gasteiger partial charge in [-0.05, 0) is 35.9 Å². The summed E-state index contributed by atoms with van der Waals surface area (Å²) in [6.45, 7) is 0.209. The van der Waals surface area contributed by atoms with Gasteiger partial charge in [0.2, 0.25) is 6.79 Å². The van der Waals surface area contributed by atoms with E-state index in [2.05, 4.69) is 4.99 Å². The normalized spacial score (nSPS) is 12.8. The zero-order valence-electron chi connectivity index (χ0n) is 10.8. The first kappa shape index (κ1) is 13.0. The fraction of sp³-hybridized carbons (Fsp3) is 0.0667. The van der Waals surface area contributed by atoms with Crippen molar-refractivity contribution in [2.24, 2.45) is 4.99 Å². The second kappa shape index (κ2) is 5.16. The number of phenols is 1. The Labute approximate surface area is 119 Å². The second-order valence-electron chi connectivity index (χ2n) is 4.38. The highest BCUT2D eigenvalue weighted by Crippen LogP contribution is 2.32. The van der Waals surface area contributed by atoms with Gasteiger partial charge in [-0.25, -0.2) is 4.79 Å². The fourth-order valence-electron chi connectivity index (χ4n) is 1.92.